The van der Waals surface area contributed by atoms with Crippen LogP contribution in [-0.4, -0.2) is 4.40 Å². The average molecular weight is 829 g/mol. The Morgan fingerprint density at radius 2 is 1.31 bits per heavy atom. The Hall–Kier alpha value is -5.43. The molecule has 8 aromatic rings. The molecule has 0 fully saturated rings. The van der Waals surface area contributed by atoms with Crippen molar-refractivity contribution in [2.45, 2.75) is 24.7 Å². The van der Waals surface area contributed by atoms with Gasteiger partial charge in [-0.3, -0.25) is 0 Å². The molecule has 3 aromatic heterocycles. The second kappa shape index (κ2) is 15.9. The SMILES string of the molecule is C/C=C\c1ccc(-c2ccc(-c3ccc(N(C(/C=C\C(I)c4cc5ccccn5c4)=C/C)c4ccc(-c5cc6ccccc6s5)cc4)cc3)cc2)cc1C. The van der Waals surface area contributed by atoms with Crippen molar-refractivity contribution in [3.8, 4) is 32.7 Å². The first-order valence-electron chi connectivity index (χ1n) is 18.4. The standard InChI is InChI=1S/C50H41IN2S/c1-4-10-36-14-19-41(31-35(36)3)39-17-15-37(16-18-39)38-20-24-45(25-21-38)53(44(5-2)28-29-48(51)43-32-47-12-8-9-30-52(47)34-43)46-26-22-40(23-27-46)50-33-42-11-6-7-13-49(42)54-50/h4-34,48H,1-3H3/b10-4-,29-28-,44-5+. The number of rotatable bonds is 10. The summed E-state index contributed by atoms with van der Waals surface area (Å²) in [5, 5.41) is 1.29. The number of hydrogen-bond acceptors (Lipinski definition) is 2. The van der Waals surface area contributed by atoms with E-state index in [1.807, 2.05) is 11.3 Å². The fourth-order valence-corrected chi connectivity index (χ4v) is 8.66. The van der Waals surface area contributed by atoms with Crippen molar-refractivity contribution in [1.82, 2.24) is 4.40 Å². The zero-order valence-electron chi connectivity index (χ0n) is 30.7. The molecule has 5 aromatic carbocycles. The molecule has 0 bridgehead atoms. The summed E-state index contributed by atoms with van der Waals surface area (Å²) in [6.45, 7) is 6.36. The van der Waals surface area contributed by atoms with Gasteiger partial charge >= 0.3 is 0 Å². The lowest BCUT2D eigenvalue weighted by Crippen LogP contribution is -2.15. The van der Waals surface area contributed by atoms with Gasteiger partial charge in [-0.1, -0.05) is 138 Å². The molecular weight excluding hydrogens is 788 g/mol. The third-order valence-corrected chi connectivity index (χ3v) is 12.3. The van der Waals surface area contributed by atoms with E-state index in [2.05, 4.69) is 241 Å². The molecular formula is C50H41IN2S. The van der Waals surface area contributed by atoms with Crippen molar-refractivity contribution >= 4 is 67.0 Å². The van der Waals surface area contributed by atoms with Gasteiger partial charge in [0.15, 0.2) is 0 Å². The van der Waals surface area contributed by atoms with Gasteiger partial charge in [-0.25, -0.2) is 0 Å². The van der Waals surface area contributed by atoms with Crippen LogP contribution >= 0.6 is 33.9 Å². The summed E-state index contributed by atoms with van der Waals surface area (Å²) in [6.07, 6.45) is 15.4. The number of anilines is 2. The summed E-state index contributed by atoms with van der Waals surface area (Å²) in [4.78, 5) is 3.64. The zero-order chi connectivity index (χ0) is 37.0. The maximum atomic E-state index is 2.54. The van der Waals surface area contributed by atoms with Crippen molar-refractivity contribution < 1.29 is 0 Å². The largest absolute Gasteiger partial charge is 0.324 e. The molecule has 54 heavy (non-hydrogen) atoms. The highest BCUT2D eigenvalue weighted by molar-refractivity contribution is 14.1. The second-order valence-electron chi connectivity index (χ2n) is 13.5. The Morgan fingerprint density at radius 1 is 0.685 bits per heavy atom. The maximum Gasteiger partial charge on any atom is 0.0558 e. The summed E-state index contributed by atoms with van der Waals surface area (Å²) in [5.41, 5.74) is 14.5. The Balaban J connectivity index is 1.10. The normalized spacial score (nSPS) is 12.7. The number of hydrogen-bond donors (Lipinski definition) is 0. The first-order valence-corrected chi connectivity index (χ1v) is 20.4. The van der Waals surface area contributed by atoms with E-state index in [0.29, 0.717) is 0 Å². The number of aryl methyl sites for hydroxylation is 1. The number of allylic oxidation sites excluding steroid dienone is 4. The molecule has 3 heterocycles. The van der Waals surface area contributed by atoms with Gasteiger partial charge in [0.25, 0.3) is 0 Å². The van der Waals surface area contributed by atoms with Gasteiger partial charge in [-0.15, -0.1) is 11.3 Å². The van der Waals surface area contributed by atoms with E-state index in [9.17, 15) is 0 Å². The van der Waals surface area contributed by atoms with Crippen molar-refractivity contribution in [3.05, 3.63) is 205 Å². The zero-order valence-corrected chi connectivity index (χ0v) is 33.6. The number of halogens is 1. The molecule has 264 valence electrons. The van der Waals surface area contributed by atoms with Gasteiger partial charge in [-0.2, -0.15) is 0 Å². The van der Waals surface area contributed by atoms with Crippen LogP contribution in [0.15, 0.2) is 188 Å². The third kappa shape index (κ3) is 7.50. The van der Waals surface area contributed by atoms with E-state index < -0.39 is 0 Å². The predicted molar refractivity (Wildman–Crippen MR) is 243 cm³/mol. The first kappa shape index (κ1) is 35.6. The smallest absolute Gasteiger partial charge is 0.0558 e. The first-order chi connectivity index (χ1) is 26.5. The molecule has 0 saturated carbocycles. The predicted octanol–water partition coefficient (Wildman–Crippen LogP) is 15.3. The van der Waals surface area contributed by atoms with Gasteiger partial charge in [-0.05, 0) is 131 Å². The van der Waals surface area contributed by atoms with Gasteiger partial charge in [0.1, 0.15) is 0 Å². The Morgan fingerprint density at radius 3 is 1.96 bits per heavy atom. The van der Waals surface area contributed by atoms with Crippen LogP contribution in [0, 0.1) is 6.92 Å². The van der Waals surface area contributed by atoms with Crippen LogP contribution in [0.1, 0.15) is 34.5 Å². The van der Waals surface area contributed by atoms with Crippen molar-refractivity contribution in [2.24, 2.45) is 0 Å². The van der Waals surface area contributed by atoms with E-state index in [1.165, 1.54) is 65.0 Å². The lowest BCUT2D eigenvalue weighted by Gasteiger charge is -2.27. The third-order valence-electron chi connectivity index (χ3n) is 9.96. The van der Waals surface area contributed by atoms with E-state index in [4.69, 9.17) is 0 Å². The molecule has 1 unspecified atom stereocenters. The summed E-state index contributed by atoms with van der Waals surface area (Å²) < 4.78 is 3.72. The fourth-order valence-electron chi connectivity index (χ4n) is 7.05. The van der Waals surface area contributed by atoms with Crippen LogP contribution in [0.4, 0.5) is 11.4 Å². The number of nitrogens with zero attached hydrogens (tertiary/aromatic N) is 2. The molecule has 0 amide bonds. The number of alkyl halides is 1. The minimum atomic E-state index is 0.218. The molecule has 2 nitrogen and oxygen atoms in total. The molecule has 0 aliphatic rings. The summed E-state index contributed by atoms with van der Waals surface area (Å²) >= 11 is 4.38. The quantitative estimate of drug-likeness (QED) is 0.0757. The Labute approximate surface area is 336 Å². The van der Waals surface area contributed by atoms with Gasteiger partial charge in [0, 0.05) is 44.6 Å². The van der Waals surface area contributed by atoms with Crippen LogP contribution in [-0.2, 0) is 0 Å². The van der Waals surface area contributed by atoms with Gasteiger partial charge in [0.2, 0.25) is 0 Å². The highest BCUT2D eigenvalue weighted by Crippen LogP contribution is 2.38. The van der Waals surface area contributed by atoms with Gasteiger partial charge < -0.3 is 9.30 Å². The minimum Gasteiger partial charge on any atom is -0.324 e. The highest BCUT2D eigenvalue weighted by Gasteiger charge is 2.16. The van der Waals surface area contributed by atoms with E-state index in [-0.39, 0.29) is 3.92 Å². The van der Waals surface area contributed by atoms with Gasteiger partial charge in [0.05, 0.1) is 3.92 Å². The molecule has 0 N–H and O–H groups in total. The lowest BCUT2D eigenvalue weighted by atomic mass is 9.97. The summed E-state index contributed by atoms with van der Waals surface area (Å²) in [5.74, 6) is 0. The minimum absolute atomic E-state index is 0.218. The molecule has 0 spiro atoms. The van der Waals surface area contributed by atoms with Crippen LogP contribution in [0.3, 0.4) is 0 Å². The van der Waals surface area contributed by atoms with E-state index in [0.717, 1.165) is 17.1 Å². The Kier molecular flexibility index (Phi) is 10.5. The van der Waals surface area contributed by atoms with Crippen LogP contribution < -0.4 is 4.90 Å². The monoisotopic (exact) mass is 828 g/mol. The highest BCUT2D eigenvalue weighted by atomic mass is 127. The molecule has 0 aliphatic carbocycles. The van der Waals surface area contributed by atoms with Crippen LogP contribution in [0.5, 0.6) is 0 Å². The molecule has 0 aliphatic heterocycles. The molecule has 1 atom stereocenters. The van der Waals surface area contributed by atoms with Crippen molar-refractivity contribution in [3.63, 3.8) is 0 Å². The number of benzene rings is 5. The molecule has 0 saturated heterocycles. The number of thiophene rings is 1. The number of fused-ring (bicyclic) bond motifs is 2. The molecule has 0 radical (unpaired) electrons. The van der Waals surface area contributed by atoms with Crippen LogP contribution in [0.2, 0.25) is 0 Å². The topological polar surface area (TPSA) is 7.65 Å². The van der Waals surface area contributed by atoms with Crippen molar-refractivity contribution in [1.29, 1.82) is 0 Å². The van der Waals surface area contributed by atoms with Crippen molar-refractivity contribution in [2.75, 3.05) is 4.90 Å². The average Bonchev–Trinajstić information content (AvgIpc) is 3.86. The molecule has 4 heteroatoms. The summed E-state index contributed by atoms with van der Waals surface area (Å²) in [6, 6.07) is 53.1. The lowest BCUT2D eigenvalue weighted by molar-refractivity contribution is 1.16. The number of pyridine rings is 1. The Bertz CT molecular complexity index is 2570. The summed E-state index contributed by atoms with van der Waals surface area (Å²) in [7, 11) is 0. The molecule has 8 rings (SSSR count). The maximum absolute atomic E-state index is 2.54. The van der Waals surface area contributed by atoms with E-state index >= 15 is 0 Å². The number of aromatic nitrogens is 1. The fraction of sp³-hybridized carbons (Fsp3) is 0.0800. The van der Waals surface area contributed by atoms with E-state index in [1.54, 1.807) is 0 Å². The second-order valence-corrected chi connectivity index (χ2v) is 15.9. The van der Waals surface area contributed by atoms with Crippen LogP contribution in [0.25, 0.3) is 54.4 Å².